The Morgan fingerprint density at radius 1 is 1.14 bits per heavy atom. The van der Waals surface area contributed by atoms with Gasteiger partial charge in [0.2, 0.25) is 0 Å². The lowest BCUT2D eigenvalue weighted by molar-refractivity contribution is -0.137. The third kappa shape index (κ3) is 3.78. The van der Waals surface area contributed by atoms with Crippen LogP contribution in [0.15, 0.2) is 61.1 Å². The molecule has 2 aromatic carbocycles. The van der Waals surface area contributed by atoms with E-state index in [1.165, 1.54) is 24.7 Å². The summed E-state index contributed by atoms with van der Waals surface area (Å²) in [5, 5.41) is 2.88. The SMILES string of the molecule is O=C(NCC1CC1)c1cncn1-c1cccc(-c2ccccc2C(F)(F)F)c1. The van der Waals surface area contributed by atoms with Crippen LogP contribution in [0, 0.1) is 5.92 Å². The number of imidazole rings is 1. The molecule has 0 bridgehead atoms. The van der Waals surface area contributed by atoms with E-state index in [1.807, 2.05) is 0 Å². The molecule has 1 saturated carbocycles. The van der Waals surface area contributed by atoms with Gasteiger partial charge in [-0.15, -0.1) is 0 Å². The maximum absolute atomic E-state index is 13.4. The number of amides is 1. The van der Waals surface area contributed by atoms with E-state index in [1.54, 1.807) is 34.9 Å². The summed E-state index contributed by atoms with van der Waals surface area (Å²) in [6.45, 7) is 0.628. The van der Waals surface area contributed by atoms with E-state index in [2.05, 4.69) is 10.3 Å². The summed E-state index contributed by atoms with van der Waals surface area (Å²) < 4.78 is 41.7. The van der Waals surface area contributed by atoms with Crippen LogP contribution in [0.1, 0.15) is 28.9 Å². The van der Waals surface area contributed by atoms with E-state index in [4.69, 9.17) is 0 Å². The fourth-order valence-electron chi connectivity index (χ4n) is 3.12. The summed E-state index contributed by atoms with van der Waals surface area (Å²) in [5.74, 6) is 0.299. The maximum Gasteiger partial charge on any atom is 0.417 e. The molecule has 7 heteroatoms. The highest BCUT2D eigenvalue weighted by Crippen LogP contribution is 2.37. The summed E-state index contributed by atoms with van der Waals surface area (Å²) in [5.41, 5.74) is 0.741. The number of benzene rings is 2. The maximum atomic E-state index is 13.4. The van der Waals surface area contributed by atoms with Crippen LogP contribution in [0.5, 0.6) is 0 Å². The van der Waals surface area contributed by atoms with Gasteiger partial charge in [-0.3, -0.25) is 9.36 Å². The molecular weight excluding hydrogens is 367 g/mol. The molecule has 1 aromatic heterocycles. The Kier molecular flexibility index (Phi) is 4.66. The van der Waals surface area contributed by atoms with E-state index in [-0.39, 0.29) is 11.5 Å². The van der Waals surface area contributed by atoms with Crippen LogP contribution >= 0.6 is 0 Å². The van der Waals surface area contributed by atoms with Crippen LogP contribution in [-0.2, 0) is 6.18 Å². The molecule has 1 aliphatic carbocycles. The molecule has 0 saturated heterocycles. The first-order chi connectivity index (χ1) is 13.4. The van der Waals surface area contributed by atoms with Crippen molar-refractivity contribution in [1.29, 1.82) is 0 Å². The fourth-order valence-corrected chi connectivity index (χ4v) is 3.12. The van der Waals surface area contributed by atoms with Gasteiger partial charge in [0, 0.05) is 12.2 Å². The van der Waals surface area contributed by atoms with Crippen molar-refractivity contribution in [2.75, 3.05) is 6.54 Å². The molecule has 1 heterocycles. The Morgan fingerprint density at radius 3 is 2.68 bits per heavy atom. The van der Waals surface area contributed by atoms with Crippen LogP contribution < -0.4 is 5.32 Å². The van der Waals surface area contributed by atoms with Gasteiger partial charge in [0.15, 0.2) is 0 Å². The third-order valence-electron chi connectivity index (χ3n) is 4.79. The van der Waals surface area contributed by atoms with Crippen molar-refractivity contribution in [2.24, 2.45) is 5.92 Å². The van der Waals surface area contributed by atoms with Crippen molar-refractivity contribution >= 4 is 5.91 Å². The Morgan fingerprint density at radius 2 is 1.93 bits per heavy atom. The molecule has 1 amide bonds. The van der Waals surface area contributed by atoms with Crippen molar-refractivity contribution in [3.05, 3.63) is 72.3 Å². The zero-order valence-electron chi connectivity index (χ0n) is 14.9. The minimum atomic E-state index is -4.45. The van der Waals surface area contributed by atoms with Crippen LogP contribution in [-0.4, -0.2) is 22.0 Å². The highest BCUT2D eigenvalue weighted by atomic mass is 19.4. The number of alkyl halides is 3. The number of nitrogens with zero attached hydrogens (tertiary/aromatic N) is 2. The van der Waals surface area contributed by atoms with Gasteiger partial charge >= 0.3 is 6.18 Å². The average molecular weight is 385 g/mol. The van der Waals surface area contributed by atoms with E-state index in [9.17, 15) is 18.0 Å². The van der Waals surface area contributed by atoms with Crippen molar-refractivity contribution in [3.63, 3.8) is 0 Å². The highest BCUT2D eigenvalue weighted by molar-refractivity contribution is 5.93. The van der Waals surface area contributed by atoms with Crippen LogP contribution in [0.3, 0.4) is 0 Å². The summed E-state index contributed by atoms with van der Waals surface area (Å²) in [6, 6.07) is 12.1. The summed E-state index contributed by atoms with van der Waals surface area (Å²) in [7, 11) is 0. The lowest BCUT2D eigenvalue weighted by Crippen LogP contribution is -2.27. The lowest BCUT2D eigenvalue weighted by Gasteiger charge is -2.14. The Bertz CT molecular complexity index is 1010. The number of hydrogen-bond acceptors (Lipinski definition) is 2. The Labute approximate surface area is 160 Å². The van der Waals surface area contributed by atoms with Gasteiger partial charge in [0.05, 0.1) is 18.1 Å². The first-order valence-corrected chi connectivity index (χ1v) is 9.01. The quantitative estimate of drug-likeness (QED) is 0.692. The molecule has 4 nitrogen and oxygen atoms in total. The first-order valence-electron chi connectivity index (χ1n) is 9.01. The molecule has 3 aromatic rings. The van der Waals surface area contributed by atoms with Crippen LogP contribution in [0.4, 0.5) is 13.2 Å². The molecule has 144 valence electrons. The molecule has 0 unspecified atom stereocenters. The van der Waals surface area contributed by atoms with Crippen molar-refractivity contribution < 1.29 is 18.0 Å². The van der Waals surface area contributed by atoms with Gasteiger partial charge < -0.3 is 5.32 Å². The van der Waals surface area contributed by atoms with Gasteiger partial charge in [0.1, 0.15) is 5.69 Å². The molecule has 1 N–H and O–H groups in total. The first kappa shape index (κ1) is 18.3. The number of carbonyl (C=O) groups excluding carboxylic acids is 1. The number of hydrogen-bond donors (Lipinski definition) is 1. The summed E-state index contributed by atoms with van der Waals surface area (Å²) in [4.78, 5) is 16.5. The third-order valence-corrected chi connectivity index (χ3v) is 4.79. The summed E-state index contributed by atoms with van der Waals surface area (Å²) >= 11 is 0. The second kappa shape index (κ2) is 7.14. The minimum Gasteiger partial charge on any atom is -0.350 e. The molecule has 0 radical (unpaired) electrons. The van der Waals surface area contributed by atoms with Crippen LogP contribution in [0.25, 0.3) is 16.8 Å². The van der Waals surface area contributed by atoms with Crippen LogP contribution in [0.2, 0.25) is 0 Å². The molecule has 0 aliphatic heterocycles. The monoisotopic (exact) mass is 385 g/mol. The second-order valence-corrected chi connectivity index (χ2v) is 6.90. The number of carbonyl (C=O) groups is 1. The highest BCUT2D eigenvalue weighted by Gasteiger charge is 2.33. The van der Waals surface area contributed by atoms with E-state index in [0.717, 1.165) is 18.9 Å². The number of rotatable bonds is 5. The van der Waals surface area contributed by atoms with Crippen molar-refractivity contribution in [2.45, 2.75) is 19.0 Å². The van der Waals surface area contributed by atoms with E-state index < -0.39 is 11.7 Å². The Hall–Kier alpha value is -3.09. The molecular formula is C21H18F3N3O. The molecule has 28 heavy (non-hydrogen) atoms. The minimum absolute atomic E-state index is 0.0942. The summed E-state index contributed by atoms with van der Waals surface area (Å²) in [6.07, 6.45) is 0.745. The van der Waals surface area contributed by atoms with E-state index >= 15 is 0 Å². The van der Waals surface area contributed by atoms with Gasteiger partial charge in [-0.1, -0.05) is 30.3 Å². The number of halogens is 3. The zero-order chi connectivity index (χ0) is 19.7. The normalized spacial score (nSPS) is 14.1. The van der Waals surface area contributed by atoms with Gasteiger partial charge in [-0.2, -0.15) is 13.2 Å². The number of aromatic nitrogens is 2. The predicted molar refractivity (Wildman–Crippen MR) is 99.1 cm³/mol. The zero-order valence-corrected chi connectivity index (χ0v) is 14.9. The molecule has 1 fully saturated rings. The smallest absolute Gasteiger partial charge is 0.350 e. The molecule has 0 spiro atoms. The second-order valence-electron chi connectivity index (χ2n) is 6.90. The lowest BCUT2D eigenvalue weighted by atomic mass is 9.99. The largest absolute Gasteiger partial charge is 0.417 e. The number of nitrogens with one attached hydrogen (secondary N) is 1. The topological polar surface area (TPSA) is 46.9 Å². The van der Waals surface area contributed by atoms with Gasteiger partial charge in [-0.25, -0.2) is 4.98 Å². The standard InChI is InChI=1S/C21H18F3N3O/c22-21(23,24)18-7-2-1-6-17(18)15-4-3-5-16(10-15)27-13-25-12-19(27)20(28)26-11-14-8-9-14/h1-7,10,12-14H,8-9,11H2,(H,26,28). The van der Waals surface area contributed by atoms with Gasteiger partial charge in [-0.05, 0) is 48.1 Å². The fraction of sp³-hybridized carbons (Fsp3) is 0.238. The Balaban J connectivity index is 1.68. The average Bonchev–Trinajstić information content (AvgIpc) is 3.39. The van der Waals surface area contributed by atoms with Gasteiger partial charge in [0.25, 0.3) is 5.91 Å². The van der Waals surface area contributed by atoms with E-state index in [0.29, 0.717) is 29.4 Å². The van der Waals surface area contributed by atoms with Crippen molar-refractivity contribution in [1.82, 2.24) is 14.9 Å². The predicted octanol–water partition coefficient (Wildman–Crippen LogP) is 4.70. The molecule has 4 rings (SSSR count). The molecule has 0 atom stereocenters. The van der Waals surface area contributed by atoms with Crippen molar-refractivity contribution in [3.8, 4) is 16.8 Å². The molecule has 1 aliphatic rings.